The largest absolute Gasteiger partial charge is 0.307 e. The molecule has 7 nitrogen and oxygen atoms in total. The molecule has 1 aliphatic heterocycles. The van der Waals surface area contributed by atoms with Crippen molar-refractivity contribution < 1.29 is 9.18 Å². The zero-order valence-electron chi connectivity index (χ0n) is 18.1. The van der Waals surface area contributed by atoms with Gasteiger partial charge in [0.15, 0.2) is 0 Å². The molecule has 33 heavy (non-hydrogen) atoms. The van der Waals surface area contributed by atoms with Gasteiger partial charge in [-0.3, -0.25) is 14.8 Å². The highest BCUT2D eigenvalue weighted by atomic mass is 19.1. The fourth-order valence-corrected chi connectivity index (χ4v) is 4.37. The molecule has 0 radical (unpaired) electrons. The van der Waals surface area contributed by atoms with E-state index in [9.17, 15) is 9.18 Å². The summed E-state index contributed by atoms with van der Waals surface area (Å²) >= 11 is 0. The normalized spacial score (nSPS) is 14.9. The number of hydrogen-bond acceptors (Lipinski definition) is 4. The Bertz CT molecular complexity index is 1230. The molecule has 0 aliphatic carbocycles. The number of carbonyl (C=O) groups is 1. The molecular weight excluding hydrogens is 419 g/mol. The molecule has 0 atom stereocenters. The van der Waals surface area contributed by atoms with Crippen molar-refractivity contribution in [2.45, 2.75) is 25.4 Å². The van der Waals surface area contributed by atoms with Gasteiger partial charge in [-0.25, -0.2) is 9.07 Å². The number of likely N-dealkylation sites (tertiary alicyclic amines) is 1. The number of nitrogens with one attached hydrogen (secondary N) is 2. The van der Waals surface area contributed by atoms with Gasteiger partial charge in [0, 0.05) is 42.4 Å². The first-order chi connectivity index (χ1) is 16.2. The highest BCUT2D eigenvalue weighted by Crippen LogP contribution is 2.28. The Morgan fingerprint density at radius 2 is 1.91 bits per heavy atom. The maximum absolute atomic E-state index is 13.7. The van der Waals surface area contributed by atoms with Crippen molar-refractivity contribution in [3.63, 3.8) is 0 Å². The van der Waals surface area contributed by atoms with Crippen molar-refractivity contribution in [1.29, 1.82) is 0 Å². The molecule has 168 valence electrons. The molecule has 1 aliphatic rings. The standard InChI is InChI=1S/C25H25FN6O/c26-21-8-4-7-19(15-21)24-20(16-27-30-24)17-31-13-10-22(11-14-31)32-23(9-12-28-32)29-25(33)18-5-2-1-3-6-18/h1-9,12,15-16,22H,10-11,13-14,17H2,(H,27,30)(H,29,33). The van der Waals surface area contributed by atoms with Crippen LogP contribution in [0.1, 0.15) is 34.8 Å². The van der Waals surface area contributed by atoms with E-state index in [0.717, 1.165) is 49.3 Å². The first-order valence-electron chi connectivity index (χ1n) is 11.1. The number of hydrogen-bond donors (Lipinski definition) is 2. The lowest BCUT2D eigenvalue weighted by molar-refractivity contribution is 0.102. The molecule has 0 saturated carbocycles. The molecule has 8 heteroatoms. The Labute approximate surface area is 191 Å². The van der Waals surface area contributed by atoms with Crippen LogP contribution in [0.15, 0.2) is 73.1 Å². The van der Waals surface area contributed by atoms with Crippen LogP contribution in [0.3, 0.4) is 0 Å². The Morgan fingerprint density at radius 1 is 1.09 bits per heavy atom. The Morgan fingerprint density at radius 3 is 2.70 bits per heavy atom. The summed E-state index contributed by atoms with van der Waals surface area (Å²) in [5.41, 5.74) is 3.32. The molecule has 2 N–H and O–H groups in total. The van der Waals surface area contributed by atoms with Crippen LogP contribution in [0.25, 0.3) is 11.3 Å². The van der Waals surface area contributed by atoms with E-state index in [2.05, 4.69) is 25.5 Å². The van der Waals surface area contributed by atoms with Crippen LogP contribution in [-0.2, 0) is 6.54 Å². The van der Waals surface area contributed by atoms with Gasteiger partial charge in [0.05, 0.1) is 24.1 Å². The number of aromatic nitrogens is 4. The summed E-state index contributed by atoms with van der Waals surface area (Å²) in [4.78, 5) is 14.9. The van der Waals surface area contributed by atoms with E-state index in [1.165, 1.54) is 12.1 Å². The predicted molar refractivity (Wildman–Crippen MR) is 124 cm³/mol. The maximum atomic E-state index is 13.7. The molecule has 1 saturated heterocycles. The molecule has 1 fully saturated rings. The quantitative estimate of drug-likeness (QED) is 0.459. The predicted octanol–water partition coefficient (Wildman–Crippen LogP) is 4.50. The number of piperidine rings is 1. The number of amides is 1. The van der Waals surface area contributed by atoms with Gasteiger partial charge in [-0.1, -0.05) is 30.3 Å². The Kier molecular flexibility index (Phi) is 5.99. The van der Waals surface area contributed by atoms with Crippen molar-refractivity contribution in [1.82, 2.24) is 24.9 Å². The average molecular weight is 445 g/mol. The van der Waals surface area contributed by atoms with Crippen LogP contribution < -0.4 is 5.32 Å². The maximum Gasteiger partial charge on any atom is 0.256 e. The van der Waals surface area contributed by atoms with Gasteiger partial charge >= 0.3 is 0 Å². The summed E-state index contributed by atoms with van der Waals surface area (Å²) in [5, 5.41) is 14.7. The first kappa shape index (κ1) is 21.1. The molecular formula is C25H25FN6O. The third-order valence-electron chi connectivity index (χ3n) is 6.08. The summed E-state index contributed by atoms with van der Waals surface area (Å²) in [6.45, 7) is 2.53. The third kappa shape index (κ3) is 4.70. The second-order valence-corrected chi connectivity index (χ2v) is 8.27. The molecule has 3 heterocycles. The van der Waals surface area contributed by atoms with Gasteiger partial charge in [0.25, 0.3) is 5.91 Å². The zero-order chi connectivity index (χ0) is 22.6. The number of anilines is 1. The van der Waals surface area contributed by atoms with Crippen molar-refractivity contribution >= 4 is 11.7 Å². The highest BCUT2D eigenvalue weighted by molar-refractivity contribution is 6.03. The van der Waals surface area contributed by atoms with Crippen molar-refractivity contribution in [2.75, 3.05) is 18.4 Å². The minimum Gasteiger partial charge on any atom is -0.307 e. The molecule has 4 aromatic rings. The van der Waals surface area contributed by atoms with E-state index < -0.39 is 0 Å². The molecule has 2 aromatic carbocycles. The molecule has 0 unspecified atom stereocenters. The van der Waals surface area contributed by atoms with E-state index in [-0.39, 0.29) is 17.8 Å². The number of halogens is 1. The molecule has 1 amide bonds. The Hall–Kier alpha value is -3.78. The average Bonchev–Trinajstić information content (AvgIpc) is 3.50. The van der Waals surface area contributed by atoms with E-state index in [1.54, 1.807) is 24.4 Å². The summed E-state index contributed by atoms with van der Waals surface area (Å²) in [6, 6.07) is 17.8. The van der Waals surface area contributed by atoms with Crippen LogP contribution in [0.2, 0.25) is 0 Å². The number of rotatable bonds is 6. The van der Waals surface area contributed by atoms with Gasteiger partial charge < -0.3 is 5.32 Å². The molecule has 2 aromatic heterocycles. The monoisotopic (exact) mass is 444 g/mol. The number of nitrogens with zero attached hydrogens (tertiary/aromatic N) is 4. The first-order valence-corrected chi connectivity index (χ1v) is 11.1. The van der Waals surface area contributed by atoms with Crippen molar-refractivity contribution in [2.24, 2.45) is 0 Å². The number of aromatic amines is 1. The number of carbonyl (C=O) groups excluding carboxylic acids is 1. The smallest absolute Gasteiger partial charge is 0.256 e. The van der Waals surface area contributed by atoms with E-state index in [4.69, 9.17) is 0 Å². The molecule has 5 rings (SSSR count). The molecule has 0 bridgehead atoms. The minimum absolute atomic E-state index is 0.139. The van der Waals surface area contributed by atoms with Gasteiger partial charge in [-0.15, -0.1) is 0 Å². The van der Waals surface area contributed by atoms with E-state index in [0.29, 0.717) is 11.4 Å². The lowest BCUT2D eigenvalue weighted by Crippen LogP contribution is -2.35. The van der Waals surface area contributed by atoms with Crippen molar-refractivity contribution in [3.8, 4) is 11.3 Å². The topological polar surface area (TPSA) is 78.8 Å². The van der Waals surface area contributed by atoms with Gasteiger partial charge in [-0.2, -0.15) is 10.2 Å². The van der Waals surface area contributed by atoms with Crippen LogP contribution in [0.4, 0.5) is 10.2 Å². The SMILES string of the molecule is O=C(Nc1ccnn1C1CCN(Cc2cn[nH]c2-c2cccc(F)c2)CC1)c1ccccc1. The van der Waals surface area contributed by atoms with E-state index >= 15 is 0 Å². The van der Waals surface area contributed by atoms with Crippen LogP contribution in [-0.4, -0.2) is 43.9 Å². The number of benzene rings is 2. The third-order valence-corrected chi connectivity index (χ3v) is 6.08. The van der Waals surface area contributed by atoms with Crippen LogP contribution in [0, 0.1) is 5.82 Å². The molecule has 0 spiro atoms. The van der Waals surface area contributed by atoms with Crippen LogP contribution in [0.5, 0.6) is 0 Å². The van der Waals surface area contributed by atoms with E-state index in [1.807, 2.05) is 41.2 Å². The summed E-state index contributed by atoms with van der Waals surface area (Å²) < 4.78 is 15.6. The van der Waals surface area contributed by atoms with Gasteiger partial charge in [0.1, 0.15) is 11.6 Å². The van der Waals surface area contributed by atoms with Gasteiger partial charge in [0.2, 0.25) is 0 Å². The van der Waals surface area contributed by atoms with Crippen molar-refractivity contribution in [3.05, 3.63) is 90.0 Å². The summed E-state index contributed by atoms with van der Waals surface area (Å²) in [5.74, 6) is 0.313. The lowest BCUT2D eigenvalue weighted by atomic mass is 10.0. The second kappa shape index (κ2) is 9.38. The fourth-order valence-electron chi connectivity index (χ4n) is 4.37. The Balaban J connectivity index is 1.21. The van der Waals surface area contributed by atoms with Gasteiger partial charge in [-0.05, 0) is 37.1 Å². The highest BCUT2D eigenvalue weighted by Gasteiger charge is 2.24. The number of H-pyrrole nitrogens is 1. The summed E-state index contributed by atoms with van der Waals surface area (Å²) in [6.07, 6.45) is 5.38. The minimum atomic E-state index is -0.261. The lowest BCUT2D eigenvalue weighted by Gasteiger charge is -2.32. The fraction of sp³-hybridized carbons (Fsp3) is 0.240. The second-order valence-electron chi connectivity index (χ2n) is 8.27. The zero-order valence-corrected chi connectivity index (χ0v) is 18.1. The van der Waals surface area contributed by atoms with Crippen LogP contribution >= 0.6 is 0 Å². The summed E-state index contributed by atoms with van der Waals surface area (Å²) in [7, 11) is 0.